The summed E-state index contributed by atoms with van der Waals surface area (Å²) in [5, 5.41) is 3.56. The summed E-state index contributed by atoms with van der Waals surface area (Å²) in [4.78, 5) is 0. The maximum atomic E-state index is 3.56. The zero-order valence-corrected chi connectivity index (χ0v) is 12.4. The zero-order valence-electron chi connectivity index (χ0n) is 12.4. The van der Waals surface area contributed by atoms with Crippen molar-refractivity contribution in [3.05, 3.63) is 34.9 Å². The summed E-state index contributed by atoms with van der Waals surface area (Å²) in [6, 6.07) is 6.82. The van der Waals surface area contributed by atoms with Gasteiger partial charge in [0.1, 0.15) is 0 Å². The zero-order chi connectivity index (χ0) is 13.3. The Kier molecular flexibility index (Phi) is 4.03. The molecule has 0 aliphatic heterocycles. The molecule has 17 heavy (non-hydrogen) atoms. The largest absolute Gasteiger partial charge is 0.308 e. The third-order valence-electron chi connectivity index (χ3n) is 3.02. The van der Waals surface area contributed by atoms with Gasteiger partial charge in [0.2, 0.25) is 0 Å². The maximum Gasteiger partial charge on any atom is 0.0213 e. The molecule has 0 fully saturated rings. The summed E-state index contributed by atoms with van der Waals surface area (Å²) in [6.45, 7) is 16.5. The Labute approximate surface area is 107 Å². The highest BCUT2D eigenvalue weighted by atomic mass is 14.9. The van der Waals surface area contributed by atoms with Gasteiger partial charge >= 0.3 is 0 Å². The lowest BCUT2D eigenvalue weighted by atomic mass is 9.85. The van der Waals surface area contributed by atoms with Crippen molar-refractivity contribution in [1.29, 1.82) is 0 Å². The van der Waals surface area contributed by atoms with Gasteiger partial charge in [-0.1, -0.05) is 39.0 Å². The molecule has 0 heterocycles. The second kappa shape index (κ2) is 4.81. The lowest BCUT2D eigenvalue weighted by Gasteiger charge is -2.24. The monoisotopic (exact) mass is 233 g/mol. The fraction of sp³-hybridized carbons (Fsp3) is 0.625. The topological polar surface area (TPSA) is 12.0 Å². The van der Waals surface area contributed by atoms with Crippen LogP contribution in [0.15, 0.2) is 18.2 Å². The van der Waals surface area contributed by atoms with E-state index in [0.717, 1.165) is 6.54 Å². The van der Waals surface area contributed by atoms with Crippen LogP contribution in [0.5, 0.6) is 0 Å². The van der Waals surface area contributed by atoms with Crippen molar-refractivity contribution < 1.29 is 0 Å². The average molecular weight is 233 g/mol. The van der Waals surface area contributed by atoms with Crippen LogP contribution in [-0.2, 0) is 12.0 Å². The summed E-state index contributed by atoms with van der Waals surface area (Å²) in [5.41, 5.74) is 4.59. The van der Waals surface area contributed by atoms with E-state index >= 15 is 0 Å². The number of rotatable bonds is 2. The molecule has 0 bridgehead atoms. The number of aryl methyl sites for hydroxylation is 1. The third-order valence-corrected chi connectivity index (χ3v) is 3.02. The van der Waals surface area contributed by atoms with E-state index < -0.39 is 0 Å². The minimum absolute atomic E-state index is 0.171. The van der Waals surface area contributed by atoms with Gasteiger partial charge in [0.25, 0.3) is 0 Å². The number of benzene rings is 1. The van der Waals surface area contributed by atoms with Crippen LogP contribution in [0.4, 0.5) is 0 Å². The standard InChI is InChI=1S/C16H27N/c1-12-8-9-14(15(2,3)4)10-13(12)11-17-16(5,6)7/h8-10,17H,11H2,1-7H3. The first-order valence-electron chi connectivity index (χ1n) is 6.45. The van der Waals surface area contributed by atoms with Crippen LogP contribution < -0.4 is 5.32 Å². The van der Waals surface area contributed by atoms with Gasteiger partial charge in [0.15, 0.2) is 0 Å². The van der Waals surface area contributed by atoms with E-state index in [1.54, 1.807) is 0 Å². The van der Waals surface area contributed by atoms with Crippen molar-refractivity contribution in [1.82, 2.24) is 5.32 Å². The molecule has 1 nitrogen and oxygen atoms in total. The molecule has 0 spiro atoms. The minimum Gasteiger partial charge on any atom is -0.308 e. The van der Waals surface area contributed by atoms with Gasteiger partial charge in [-0.2, -0.15) is 0 Å². The van der Waals surface area contributed by atoms with Gasteiger partial charge in [0.05, 0.1) is 0 Å². The highest BCUT2D eigenvalue weighted by Gasteiger charge is 2.15. The third kappa shape index (κ3) is 4.51. The van der Waals surface area contributed by atoms with Gasteiger partial charge in [-0.25, -0.2) is 0 Å². The molecular formula is C16H27N. The normalized spacial score (nSPS) is 12.9. The predicted molar refractivity (Wildman–Crippen MR) is 76.5 cm³/mol. The molecule has 1 aromatic rings. The number of nitrogens with one attached hydrogen (secondary N) is 1. The van der Waals surface area contributed by atoms with Gasteiger partial charge in [0, 0.05) is 12.1 Å². The molecule has 0 saturated carbocycles. The molecule has 0 radical (unpaired) electrons. The molecular weight excluding hydrogens is 206 g/mol. The van der Waals surface area contributed by atoms with E-state index in [1.807, 2.05) is 0 Å². The van der Waals surface area contributed by atoms with Crippen LogP contribution >= 0.6 is 0 Å². The van der Waals surface area contributed by atoms with Crippen LogP contribution in [0.3, 0.4) is 0 Å². The van der Waals surface area contributed by atoms with Gasteiger partial charge in [-0.05, 0) is 49.8 Å². The Morgan fingerprint density at radius 1 is 1.00 bits per heavy atom. The summed E-state index contributed by atoms with van der Waals surface area (Å²) in [7, 11) is 0. The van der Waals surface area contributed by atoms with Gasteiger partial charge in [-0.15, -0.1) is 0 Å². The quantitative estimate of drug-likeness (QED) is 0.808. The Balaban J connectivity index is 2.92. The van der Waals surface area contributed by atoms with E-state index in [-0.39, 0.29) is 11.0 Å². The van der Waals surface area contributed by atoms with Crippen LogP contribution in [-0.4, -0.2) is 5.54 Å². The fourth-order valence-electron chi connectivity index (χ4n) is 1.69. The Bertz CT molecular complexity index is 377. The highest BCUT2D eigenvalue weighted by Crippen LogP contribution is 2.24. The molecule has 0 atom stereocenters. The van der Waals surface area contributed by atoms with Crippen LogP contribution in [0, 0.1) is 6.92 Å². The van der Waals surface area contributed by atoms with E-state index in [1.165, 1.54) is 16.7 Å². The van der Waals surface area contributed by atoms with Gasteiger partial charge < -0.3 is 5.32 Å². The van der Waals surface area contributed by atoms with E-state index in [0.29, 0.717) is 0 Å². The average Bonchev–Trinajstić information content (AvgIpc) is 2.13. The Morgan fingerprint density at radius 3 is 2.06 bits per heavy atom. The van der Waals surface area contributed by atoms with Crippen molar-refractivity contribution in [3.8, 4) is 0 Å². The Hall–Kier alpha value is -0.820. The summed E-state index contributed by atoms with van der Waals surface area (Å²) in [5.74, 6) is 0. The number of hydrogen-bond acceptors (Lipinski definition) is 1. The first-order chi connectivity index (χ1) is 7.59. The van der Waals surface area contributed by atoms with Gasteiger partial charge in [-0.3, -0.25) is 0 Å². The van der Waals surface area contributed by atoms with E-state index in [4.69, 9.17) is 0 Å². The highest BCUT2D eigenvalue weighted by molar-refractivity contribution is 5.34. The van der Waals surface area contributed by atoms with E-state index in [9.17, 15) is 0 Å². The van der Waals surface area contributed by atoms with Crippen LogP contribution in [0.2, 0.25) is 0 Å². The lowest BCUT2D eigenvalue weighted by Crippen LogP contribution is -2.35. The second-order valence-corrected chi connectivity index (χ2v) is 6.99. The SMILES string of the molecule is Cc1ccc(C(C)(C)C)cc1CNC(C)(C)C. The molecule has 0 amide bonds. The Morgan fingerprint density at radius 2 is 1.59 bits per heavy atom. The predicted octanol–water partition coefficient (Wildman–Crippen LogP) is 4.18. The van der Waals surface area contributed by atoms with E-state index in [2.05, 4.69) is 72.0 Å². The summed E-state index contributed by atoms with van der Waals surface area (Å²) < 4.78 is 0. The molecule has 0 aromatic heterocycles. The van der Waals surface area contributed by atoms with Crippen molar-refractivity contribution in [2.75, 3.05) is 0 Å². The first kappa shape index (κ1) is 14.2. The maximum absolute atomic E-state index is 3.56. The van der Waals surface area contributed by atoms with Crippen molar-refractivity contribution in [2.24, 2.45) is 0 Å². The molecule has 1 aromatic carbocycles. The molecule has 0 aliphatic rings. The van der Waals surface area contributed by atoms with Crippen molar-refractivity contribution in [3.63, 3.8) is 0 Å². The molecule has 1 heteroatoms. The summed E-state index contributed by atoms with van der Waals surface area (Å²) in [6.07, 6.45) is 0. The number of hydrogen-bond donors (Lipinski definition) is 1. The second-order valence-electron chi connectivity index (χ2n) is 6.99. The van der Waals surface area contributed by atoms with Crippen molar-refractivity contribution in [2.45, 2.75) is 66.0 Å². The molecule has 96 valence electrons. The lowest BCUT2D eigenvalue weighted by molar-refractivity contribution is 0.423. The first-order valence-corrected chi connectivity index (χ1v) is 6.45. The van der Waals surface area contributed by atoms with Crippen LogP contribution in [0.1, 0.15) is 58.2 Å². The molecule has 1 rings (SSSR count). The molecule has 1 N–H and O–H groups in total. The molecule has 0 saturated heterocycles. The smallest absolute Gasteiger partial charge is 0.0213 e. The fourth-order valence-corrected chi connectivity index (χ4v) is 1.69. The molecule has 0 unspecified atom stereocenters. The van der Waals surface area contributed by atoms with Crippen molar-refractivity contribution >= 4 is 0 Å². The summed E-state index contributed by atoms with van der Waals surface area (Å²) >= 11 is 0. The molecule has 0 aliphatic carbocycles. The minimum atomic E-state index is 0.171. The van der Waals surface area contributed by atoms with Crippen LogP contribution in [0.25, 0.3) is 0 Å².